The summed E-state index contributed by atoms with van der Waals surface area (Å²) in [7, 11) is 1.60. The van der Waals surface area contributed by atoms with Crippen molar-refractivity contribution in [2.75, 3.05) is 38.7 Å². The van der Waals surface area contributed by atoms with E-state index in [1.165, 1.54) is 0 Å². The second-order valence-electron chi connectivity index (χ2n) is 4.69. The fourth-order valence-corrected chi connectivity index (χ4v) is 2.06. The van der Waals surface area contributed by atoms with Crippen LogP contribution in [0.25, 0.3) is 0 Å². The third-order valence-electron chi connectivity index (χ3n) is 3.14. The van der Waals surface area contributed by atoms with Crippen molar-refractivity contribution in [1.29, 1.82) is 0 Å². The summed E-state index contributed by atoms with van der Waals surface area (Å²) in [5.74, 6) is -0.192. The second-order valence-corrected chi connectivity index (χ2v) is 4.69. The Kier molecular flexibility index (Phi) is 5.76. The number of nitrogens with zero attached hydrogens (tertiary/aromatic N) is 1. The molecule has 6 nitrogen and oxygen atoms in total. The summed E-state index contributed by atoms with van der Waals surface area (Å²) < 4.78 is 10.4. The van der Waals surface area contributed by atoms with Crippen LogP contribution in [0.15, 0.2) is 18.3 Å². The summed E-state index contributed by atoms with van der Waals surface area (Å²) in [6.07, 6.45) is 4.10. The van der Waals surface area contributed by atoms with Crippen LogP contribution in [0.4, 0.5) is 5.69 Å². The topological polar surface area (TPSA) is 72.5 Å². The zero-order chi connectivity index (χ0) is 14.2. The van der Waals surface area contributed by atoms with Gasteiger partial charge in [-0.25, -0.2) is 0 Å². The Morgan fingerprint density at radius 2 is 2.50 bits per heavy atom. The highest BCUT2D eigenvalue weighted by Gasteiger charge is 2.15. The lowest BCUT2D eigenvalue weighted by Gasteiger charge is -2.12. The fraction of sp³-hybridized carbons (Fsp3) is 0.571. The molecule has 0 aliphatic carbocycles. The van der Waals surface area contributed by atoms with Crippen LogP contribution in [-0.2, 0) is 9.47 Å². The number of rotatable bonds is 7. The SMILES string of the molecule is COCCNC(=O)c1cc(NCC2CCCO2)ccn1. The first-order chi connectivity index (χ1) is 9.79. The predicted molar refractivity (Wildman–Crippen MR) is 75.9 cm³/mol. The standard InChI is InChI=1S/C14H21N3O3/c1-19-8-6-16-14(18)13-9-11(4-5-15-13)17-10-12-3-2-7-20-12/h4-5,9,12H,2-3,6-8,10H2,1H3,(H,15,17)(H,16,18). The van der Waals surface area contributed by atoms with Crippen LogP contribution in [-0.4, -0.2) is 50.4 Å². The van der Waals surface area contributed by atoms with Crippen LogP contribution in [0.3, 0.4) is 0 Å². The average Bonchev–Trinajstić information content (AvgIpc) is 2.99. The minimum atomic E-state index is -0.192. The van der Waals surface area contributed by atoms with E-state index in [-0.39, 0.29) is 12.0 Å². The number of carbonyl (C=O) groups is 1. The summed E-state index contributed by atoms with van der Waals surface area (Å²) in [6, 6.07) is 3.60. The van der Waals surface area contributed by atoms with Crippen molar-refractivity contribution in [2.45, 2.75) is 18.9 Å². The van der Waals surface area contributed by atoms with Crippen molar-refractivity contribution in [2.24, 2.45) is 0 Å². The molecule has 0 bridgehead atoms. The van der Waals surface area contributed by atoms with Crippen LogP contribution in [0.2, 0.25) is 0 Å². The lowest BCUT2D eigenvalue weighted by Crippen LogP contribution is -2.27. The highest BCUT2D eigenvalue weighted by molar-refractivity contribution is 5.93. The Labute approximate surface area is 118 Å². The van der Waals surface area contributed by atoms with Crippen LogP contribution < -0.4 is 10.6 Å². The van der Waals surface area contributed by atoms with Gasteiger partial charge in [0.25, 0.3) is 5.91 Å². The maximum absolute atomic E-state index is 11.9. The molecule has 2 heterocycles. The molecule has 1 aromatic rings. The highest BCUT2D eigenvalue weighted by atomic mass is 16.5. The van der Waals surface area contributed by atoms with Gasteiger partial charge in [0.2, 0.25) is 0 Å². The molecule has 0 radical (unpaired) electrons. The number of hydrogen-bond donors (Lipinski definition) is 2. The van der Waals surface area contributed by atoms with Gasteiger partial charge < -0.3 is 20.1 Å². The van der Waals surface area contributed by atoms with Gasteiger partial charge in [-0.15, -0.1) is 0 Å². The predicted octanol–water partition coefficient (Wildman–Crippen LogP) is 1.05. The molecule has 0 saturated carbocycles. The molecule has 1 atom stereocenters. The number of anilines is 1. The molecule has 0 spiro atoms. The van der Waals surface area contributed by atoms with E-state index in [4.69, 9.17) is 9.47 Å². The lowest BCUT2D eigenvalue weighted by atomic mass is 10.2. The van der Waals surface area contributed by atoms with Crippen molar-refractivity contribution < 1.29 is 14.3 Å². The molecular formula is C14H21N3O3. The third-order valence-corrected chi connectivity index (χ3v) is 3.14. The van der Waals surface area contributed by atoms with E-state index in [2.05, 4.69) is 15.6 Å². The molecule has 1 aliphatic heterocycles. The number of nitrogens with one attached hydrogen (secondary N) is 2. The van der Waals surface area contributed by atoms with E-state index in [0.717, 1.165) is 31.7 Å². The molecule has 1 fully saturated rings. The van der Waals surface area contributed by atoms with E-state index < -0.39 is 0 Å². The van der Waals surface area contributed by atoms with Crippen molar-refractivity contribution in [3.05, 3.63) is 24.0 Å². The Morgan fingerprint density at radius 1 is 1.60 bits per heavy atom. The smallest absolute Gasteiger partial charge is 0.270 e. The van der Waals surface area contributed by atoms with E-state index >= 15 is 0 Å². The lowest BCUT2D eigenvalue weighted by molar-refractivity contribution is 0.0932. The minimum absolute atomic E-state index is 0.192. The van der Waals surface area contributed by atoms with Crippen LogP contribution in [0, 0.1) is 0 Å². The molecule has 1 unspecified atom stereocenters. The van der Waals surface area contributed by atoms with E-state index in [1.807, 2.05) is 6.07 Å². The van der Waals surface area contributed by atoms with Gasteiger partial charge in [-0.2, -0.15) is 0 Å². The van der Waals surface area contributed by atoms with Gasteiger partial charge in [-0.05, 0) is 25.0 Å². The quantitative estimate of drug-likeness (QED) is 0.730. The summed E-state index contributed by atoms with van der Waals surface area (Å²) in [5.41, 5.74) is 1.28. The van der Waals surface area contributed by atoms with Crippen molar-refractivity contribution in [1.82, 2.24) is 10.3 Å². The number of aromatic nitrogens is 1. The molecule has 6 heteroatoms. The molecular weight excluding hydrogens is 258 g/mol. The maximum Gasteiger partial charge on any atom is 0.270 e. The molecule has 2 rings (SSSR count). The minimum Gasteiger partial charge on any atom is -0.383 e. The molecule has 0 aromatic carbocycles. The molecule has 1 aliphatic rings. The molecule has 110 valence electrons. The Bertz CT molecular complexity index is 433. The number of amides is 1. The Balaban J connectivity index is 1.84. The summed E-state index contributed by atoms with van der Waals surface area (Å²) in [4.78, 5) is 15.9. The summed E-state index contributed by atoms with van der Waals surface area (Å²) in [6.45, 7) is 2.57. The van der Waals surface area contributed by atoms with E-state index in [0.29, 0.717) is 18.8 Å². The number of carbonyl (C=O) groups excluding carboxylic acids is 1. The molecule has 1 aromatic heterocycles. The number of hydrogen-bond acceptors (Lipinski definition) is 5. The first-order valence-electron chi connectivity index (χ1n) is 6.88. The average molecular weight is 279 g/mol. The zero-order valence-electron chi connectivity index (χ0n) is 11.7. The molecule has 1 amide bonds. The van der Waals surface area contributed by atoms with Crippen molar-refractivity contribution in [3.63, 3.8) is 0 Å². The normalized spacial score (nSPS) is 17.9. The van der Waals surface area contributed by atoms with Crippen molar-refractivity contribution in [3.8, 4) is 0 Å². The zero-order valence-corrected chi connectivity index (χ0v) is 11.7. The number of pyridine rings is 1. The van der Waals surface area contributed by atoms with Gasteiger partial charge in [0.15, 0.2) is 0 Å². The number of ether oxygens (including phenoxy) is 2. The largest absolute Gasteiger partial charge is 0.383 e. The van der Waals surface area contributed by atoms with Gasteiger partial charge in [0.05, 0.1) is 12.7 Å². The van der Waals surface area contributed by atoms with E-state index in [1.54, 1.807) is 19.4 Å². The van der Waals surface area contributed by atoms with Crippen molar-refractivity contribution >= 4 is 11.6 Å². The van der Waals surface area contributed by atoms with Gasteiger partial charge >= 0.3 is 0 Å². The number of methoxy groups -OCH3 is 1. The van der Waals surface area contributed by atoms with Crippen LogP contribution >= 0.6 is 0 Å². The van der Waals surface area contributed by atoms with Gasteiger partial charge in [0, 0.05) is 38.7 Å². The van der Waals surface area contributed by atoms with Crippen LogP contribution in [0.5, 0.6) is 0 Å². The van der Waals surface area contributed by atoms with Gasteiger partial charge in [0.1, 0.15) is 5.69 Å². The third kappa shape index (κ3) is 4.47. The van der Waals surface area contributed by atoms with E-state index in [9.17, 15) is 4.79 Å². The summed E-state index contributed by atoms with van der Waals surface area (Å²) in [5, 5.41) is 6.02. The summed E-state index contributed by atoms with van der Waals surface area (Å²) >= 11 is 0. The Morgan fingerprint density at radius 3 is 3.25 bits per heavy atom. The van der Waals surface area contributed by atoms with Crippen LogP contribution in [0.1, 0.15) is 23.3 Å². The molecule has 1 saturated heterocycles. The van der Waals surface area contributed by atoms with Gasteiger partial charge in [-0.3, -0.25) is 9.78 Å². The first kappa shape index (κ1) is 14.7. The van der Waals surface area contributed by atoms with Gasteiger partial charge in [-0.1, -0.05) is 0 Å². The second kappa shape index (κ2) is 7.81. The highest BCUT2D eigenvalue weighted by Crippen LogP contribution is 2.14. The maximum atomic E-state index is 11.9. The first-order valence-corrected chi connectivity index (χ1v) is 6.88. The monoisotopic (exact) mass is 279 g/mol. The fourth-order valence-electron chi connectivity index (χ4n) is 2.06. The molecule has 2 N–H and O–H groups in total. The Hall–Kier alpha value is -1.66. The molecule has 20 heavy (non-hydrogen) atoms.